The van der Waals surface area contributed by atoms with Crippen LogP contribution in [0.15, 0.2) is 36.5 Å². The molecule has 1 aromatic carbocycles. The zero-order chi connectivity index (χ0) is 19.5. The van der Waals surface area contributed by atoms with Crippen molar-refractivity contribution in [2.24, 2.45) is 0 Å². The van der Waals surface area contributed by atoms with E-state index in [-0.39, 0.29) is 23.9 Å². The number of amides is 2. The van der Waals surface area contributed by atoms with Gasteiger partial charge in [0, 0.05) is 56.9 Å². The topological polar surface area (TPSA) is 62.7 Å². The van der Waals surface area contributed by atoms with Crippen molar-refractivity contribution in [3.63, 3.8) is 0 Å². The summed E-state index contributed by atoms with van der Waals surface area (Å²) in [6.07, 6.45) is 5.27. The highest BCUT2D eigenvalue weighted by molar-refractivity contribution is 6.05. The molecule has 2 amide bonds. The zero-order valence-electron chi connectivity index (χ0n) is 16.3. The van der Waals surface area contributed by atoms with Gasteiger partial charge >= 0.3 is 0 Å². The Kier molecular flexibility index (Phi) is 5.57. The third-order valence-corrected chi connectivity index (χ3v) is 5.90. The summed E-state index contributed by atoms with van der Waals surface area (Å²) >= 11 is 0. The average Bonchev–Trinajstić information content (AvgIpc) is 2.74. The van der Waals surface area contributed by atoms with Crippen molar-refractivity contribution in [3.8, 4) is 0 Å². The van der Waals surface area contributed by atoms with E-state index in [0.29, 0.717) is 32.0 Å². The molecular formula is C22H27N3O3. The third kappa shape index (κ3) is 3.74. The molecule has 28 heavy (non-hydrogen) atoms. The lowest BCUT2D eigenvalue weighted by atomic mass is 9.98. The Morgan fingerprint density at radius 1 is 1.11 bits per heavy atom. The van der Waals surface area contributed by atoms with Crippen molar-refractivity contribution < 1.29 is 14.3 Å². The number of rotatable bonds is 3. The van der Waals surface area contributed by atoms with Crippen molar-refractivity contribution >= 4 is 22.6 Å². The van der Waals surface area contributed by atoms with Gasteiger partial charge in [-0.15, -0.1) is 0 Å². The number of likely N-dealkylation sites (tertiary alicyclic amines) is 1. The molecule has 1 aromatic heterocycles. The van der Waals surface area contributed by atoms with Crippen molar-refractivity contribution in [1.82, 2.24) is 14.8 Å². The highest BCUT2D eigenvalue weighted by Crippen LogP contribution is 2.25. The number of hydrogen-bond acceptors (Lipinski definition) is 4. The number of carbonyl (C=O) groups excluding carboxylic acids is 2. The smallest absolute Gasteiger partial charge is 0.273 e. The van der Waals surface area contributed by atoms with Gasteiger partial charge in [0.2, 0.25) is 5.91 Å². The molecule has 0 N–H and O–H groups in total. The first-order chi connectivity index (χ1) is 13.6. The molecule has 3 heterocycles. The molecule has 0 bridgehead atoms. The lowest BCUT2D eigenvalue weighted by Gasteiger charge is -2.43. The minimum absolute atomic E-state index is 0.0445. The molecule has 2 saturated heterocycles. The second-order valence-corrected chi connectivity index (χ2v) is 7.70. The summed E-state index contributed by atoms with van der Waals surface area (Å²) in [6.45, 7) is 4.32. The largest absolute Gasteiger partial charge is 0.381 e. The molecular weight excluding hydrogens is 354 g/mol. The number of aromatic nitrogens is 1. The van der Waals surface area contributed by atoms with Crippen LogP contribution in [0.3, 0.4) is 0 Å². The van der Waals surface area contributed by atoms with Crippen LogP contribution in [0.1, 0.15) is 43.1 Å². The van der Waals surface area contributed by atoms with Gasteiger partial charge in [-0.25, -0.2) is 0 Å². The Bertz CT molecular complexity index is 858. The number of ether oxygens (including phenoxy) is 1. The Morgan fingerprint density at radius 2 is 1.89 bits per heavy atom. The summed E-state index contributed by atoms with van der Waals surface area (Å²) in [4.78, 5) is 34.0. The summed E-state index contributed by atoms with van der Waals surface area (Å²) < 4.78 is 5.46. The molecule has 2 fully saturated rings. The minimum Gasteiger partial charge on any atom is -0.381 e. The van der Waals surface area contributed by atoms with Crippen LogP contribution in [-0.2, 0) is 9.53 Å². The van der Waals surface area contributed by atoms with Gasteiger partial charge in [0.25, 0.3) is 5.91 Å². The van der Waals surface area contributed by atoms with Gasteiger partial charge < -0.3 is 14.5 Å². The van der Waals surface area contributed by atoms with Crippen LogP contribution in [0.5, 0.6) is 0 Å². The highest BCUT2D eigenvalue weighted by atomic mass is 16.5. The first kappa shape index (κ1) is 18.9. The van der Waals surface area contributed by atoms with Gasteiger partial charge in [-0.05, 0) is 37.1 Å². The molecule has 1 atom stereocenters. The molecule has 0 spiro atoms. The fourth-order valence-electron chi connectivity index (χ4n) is 4.58. The van der Waals surface area contributed by atoms with E-state index in [1.165, 1.54) is 0 Å². The van der Waals surface area contributed by atoms with Gasteiger partial charge in [-0.2, -0.15) is 0 Å². The van der Waals surface area contributed by atoms with E-state index in [0.717, 1.165) is 36.5 Å². The third-order valence-electron chi connectivity index (χ3n) is 5.90. The summed E-state index contributed by atoms with van der Waals surface area (Å²) in [7, 11) is 0. The molecule has 0 saturated carbocycles. The van der Waals surface area contributed by atoms with Crippen LogP contribution in [0.2, 0.25) is 0 Å². The van der Waals surface area contributed by atoms with E-state index in [4.69, 9.17) is 4.74 Å². The second kappa shape index (κ2) is 8.27. The van der Waals surface area contributed by atoms with Crippen LogP contribution < -0.4 is 0 Å². The van der Waals surface area contributed by atoms with Crippen LogP contribution >= 0.6 is 0 Å². The SMILES string of the molecule is CC(=O)N(C1CCOCC1)C1CCCN(C(=O)c2nccc3ccccc23)C1. The fraction of sp³-hybridized carbons (Fsp3) is 0.500. The van der Waals surface area contributed by atoms with Crippen molar-refractivity contribution in [1.29, 1.82) is 0 Å². The first-order valence-electron chi connectivity index (χ1n) is 10.1. The first-order valence-corrected chi connectivity index (χ1v) is 10.1. The number of fused-ring (bicyclic) bond motifs is 1. The van der Waals surface area contributed by atoms with Crippen LogP contribution in [0.4, 0.5) is 0 Å². The summed E-state index contributed by atoms with van der Waals surface area (Å²) in [5.41, 5.74) is 0.499. The second-order valence-electron chi connectivity index (χ2n) is 7.70. The maximum Gasteiger partial charge on any atom is 0.273 e. The molecule has 6 heteroatoms. The number of carbonyl (C=O) groups is 2. The lowest BCUT2D eigenvalue weighted by molar-refractivity contribution is -0.137. The number of hydrogen-bond donors (Lipinski definition) is 0. The minimum atomic E-state index is -0.0445. The Balaban J connectivity index is 1.55. The van der Waals surface area contributed by atoms with Gasteiger partial charge in [-0.3, -0.25) is 14.6 Å². The number of nitrogens with zero attached hydrogens (tertiary/aromatic N) is 3. The predicted octanol–water partition coefficient (Wildman–Crippen LogP) is 2.87. The van der Waals surface area contributed by atoms with E-state index in [1.807, 2.05) is 40.1 Å². The quantitative estimate of drug-likeness (QED) is 0.820. The highest BCUT2D eigenvalue weighted by Gasteiger charge is 2.34. The summed E-state index contributed by atoms with van der Waals surface area (Å²) in [5, 5.41) is 1.90. The van der Waals surface area contributed by atoms with Crippen molar-refractivity contribution in [2.45, 2.75) is 44.7 Å². The van der Waals surface area contributed by atoms with E-state index in [2.05, 4.69) is 4.98 Å². The van der Waals surface area contributed by atoms with Gasteiger partial charge in [0.1, 0.15) is 5.69 Å². The van der Waals surface area contributed by atoms with Crippen LogP contribution in [-0.4, -0.2) is 65.0 Å². The van der Waals surface area contributed by atoms with Gasteiger partial charge in [0.15, 0.2) is 0 Å². The molecule has 2 aliphatic heterocycles. The molecule has 0 radical (unpaired) electrons. The number of piperidine rings is 1. The molecule has 6 nitrogen and oxygen atoms in total. The Labute approximate surface area is 165 Å². The number of pyridine rings is 1. The van der Waals surface area contributed by atoms with Crippen LogP contribution in [0.25, 0.3) is 10.8 Å². The average molecular weight is 381 g/mol. The normalized spacial score (nSPS) is 20.9. The van der Waals surface area contributed by atoms with E-state index in [1.54, 1.807) is 13.1 Å². The van der Waals surface area contributed by atoms with Crippen LogP contribution in [0, 0.1) is 0 Å². The molecule has 1 unspecified atom stereocenters. The molecule has 2 aliphatic rings. The zero-order valence-corrected chi connectivity index (χ0v) is 16.3. The number of benzene rings is 1. The lowest BCUT2D eigenvalue weighted by Crippen LogP contribution is -2.55. The van der Waals surface area contributed by atoms with Gasteiger partial charge in [-0.1, -0.05) is 24.3 Å². The molecule has 4 rings (SSSR count). The Hall–Kier alpha value is -2.47. The predicted molar refractivity (Wildman–Crippen MR) is 107 cm³/mol. The summed E-state index contributed by atoms with van der Waals surface area (Å²) in [6, 6.07) is 10.0. The maximum atomic E-state index is 13.3. The Morgan fingerprint density at radius 3 is 2.68 bits per heavy atom. The molecule has 2 aromatic rings. The fourth-order valence-corrected chi connectivity index (χ4v) is 4.58. The van der Waals surface area contributed by atoms with E-state index >= 15 is 0 Å². The van der Waals surface area contributed by atoms with E-state index < -0.39 is 0 Å². The van der Waals surface area contributed by atoms with Crippen molar-refractivity contribution in [3.05, 3.63) is 42.2 Å². The molecule has 0 aliphatic carbocycles. The monoisotopic (exact) mass is 381 g/mol. The van der Waals surface area contributed by atoms with Gasteiger partial charge in [0.05, 0.1) is 0 Å². The van der Waals surface area contributed by atoms with Crippen molar-refractivity contribution in [2.75, 3.05) is 26.3 Å². The summed E-state index contributed by atoms with van der Waals surface area (Å²) in [5.74, 6) is 0.0477. The standard InChI is InChI=1S/C22H27N3O3/c1-16(26)25(18-9-13-28-14-10-18)19-6-4-12-24(15-19)22(27)21-20-7-3-2-5-17(20)8-11-23-21/h2-3,5,7-8,11,18-19H,4,6,9-10,12-15H2,1H3. The maximum absolute atomic E-state index is 13.3. The van der Waals surface area contributed by atoms with E-state index in [9.17, 15) is 9.59 Å². The molecule has 148 valence electrons.